The Balaban J connectivity index is 1.76. The number of carboxylic acids is 1. The average molecular weight is 286 g/mol. The quantitative estimate of drug-likeness (QED) is 0.942. The van der Waals surface area contributed by atoms with Crippen LogP contribution in [0.25, 0.3) is 0 Å². The molecule has 0 spiro atoms. The molecule has 0 amide bonds. The summed E-state index contributed by atoms with van der Waals surface area (Å²) in [5.74, 6) is -0.254. The number of aromatic nitrogens is 1. The first-order valence-corrected chi connectivity index (χ1v) is 6.84. The molecule has 1 atom stereocenters. The predicted octanol–water partition coefficient (Wildman–Crippen LogP) is 2.91. The van der Waals surface area contributed by atoms with Crippen molar-refractivity contribution < 1.29 is 14.3 Å². The van der Waals surface area contributed by atoms with Crippen molar-refractivity contribution in [3.63, 3.8) is 0 Å². The van der Waals surface area contributed by atoms with Crippen LogP contribution in [0.4, 0.5) is 10.2 Å². The Labute approximate surface area is 121 Å². The van der Waals surface area contributed by atoms with E-state index in [0.717, 1.165) is 25.1 Å². The molecule has 1 aromatic carbocycles. The van der Waals surface area contributed by atoms with Crippen LogP contribution in [0.15, 0.2) is 42.5 Å². The van der Waals surface area contributed by atoms with E-state index >= 15 is 0 Å². The Bertz CT molecular complexity index is 658. The van der Waals surface area contributed by atoms with Crippen LogP contribution in [0, 0.1) is 5.82 Å². The molecule has 3 rings (SSSR count). The van der Waals surface area contributed by atoms with Crippen molar-refractivity contribution in [1.29, 1.82) is 0 Å². The summed E-state index contributed by atoms with van der Waals surface area (Å²) in [5.41, 5.74) is 1.16. The average Bonchev–Trinajstić information content (AvgIpc) is 2.98. The first kappa shape index (κ1) is 13.5. The zero-order valence-electron chi connectivity index (χ0n) is 11.4. The number of nitrogens with zero attached hydrogens (tertiary/aromatic N) is 2. The number of pyridine rings is 1. The minimum Gasteiger partial charge on any atom is -0.477 e. The number of halogens is 1. The Morgan fingerprint density at radius 3 is 2.71 bits per heavy atom. The van der Waals surface area contributed by atoms with E-state index in [1.54, 1.807) is 6.07 Å². The maximum Gasteiger partial charge on any atom is 0.354 e. The van der Waals surface area contributed by atoms with Gasteiger partial charge in [-0.15, -0.1) is 0 Å². The molecule has 0 bridgehead atoms. The molecule has 1 N–H and O–H groups in total. The minimum absolute atomic E-state index is 0.0535. The molecule has 1 aliphatic rings. The van der Waals surface area contributed by atoms with E-state index in [2.05, 4.69) is 9.88 Å². The van der Waals surface area contributed by atoms with Gasteiger partial charge in [0.05, 0.1) is 0 Å². The third kappa shape index (κ3) is 2.86. The van der Waals surface area contributed by atoms with Gasteiger partial charge < -0.3 is 10.0 Å². The molecule has 21 heavy (non-hydrogen) atoms. The molecular weight excluding hydrogens is 271 g/mol. The molecule has 5 heteroatoms. The number of hydrogen-bond acceptors (Lipinski definition) is 3. The van der Waals surface area contributed by atoms with Gasteiger partial charge in [-0.1, -0.05) is 18.2 Å². The van der Waals surface area contributed by atoms with E-state index in [-0.39, 0.29) is 11.5 Å². The Morgan fingerprint density at radius 1 is 1.24 bits per heavy atom. The molecule has 1 aliphatic heterocycles. The number of hydrogen-bond donors (Lipinski definition) is 1. The summed E-state index contributed by atoms with van der Waals surface area (Å²) in [5, 5.41) is 8.99. The minimum atomic E-state index is -1.02. The SMILES string of the molecule is O=C(O)c1cccc(N2CCC(c3ccc(F)cc3)C2)n1. The Kier molecular flexibility index (Phi) is 3.56. The fourth-order valence-corrected chi connectivity index (χ4v) is 2.69. The number of benzene rings is 1. The summed E-state index contributed by atoms with van der Waals surface area (Å²) in [6.07, 6.45) is 0.949. The normalized spacial score (nSPS) is 18.0. The fourth-order valence-electron chi connectivity index (χ4n) is 2.69. The molecule has 1 saturated heterocycles. The van der Waals surface area contributed by atoms with E-state index in [1.165, 1.54) is 18.2 Å². The van der Waals surface area contributed by atoms with Gasteiger partial charge in [0.2, 0.25) is 0 Å². The molecule has 2 heterocycles. The lowest BCUT2D eigenvalue weighted by atomic mass is 9.99. The maximum absolute atomic E-state index is 13.0. The van der Waals surface area contributed by atoms with Crippen LogP contribution in [0.1, 0.15) is 28.4 Å². The van der Waals surface area contributed by atoms with E-state index in [9.17, 15) is 9.18 Å². The van der Waals surface area contributed by atoms with E-state index in [1.807, 2.05) is 18.2 Å². The van der Waals surface area contributed by atoms with Gasteiger partial charge in [-0.2, -0.15) is 0 Å². The molecule has 0 aliphatic carbocycles. The lowest BCUT2D eigenvalue weighted by molar-refractivity contribution is 0.0690. The van der Waals surface area contributed by atoms with Crippen LogP contribution in [-0.4, -0.2) is 29.1 Å². The van der Waals surface area contributed by atoms with Gasteiger partial charge in [-0.25, -0.2) is 14.2 Å². The summed E-state index contributed by atoms with van der Waals surface area (Å²) in [4.78, 5) is 17.2. The lowest BCUT2D eigenvalue weighted by Crippen LogP contribution is -2.21. The molecule has 0 saturated carbocycles. The van der Waals surface area contributed by atoms with Gasteiger partial charge in [0.1, 0.15) is 11.6 Å². The third-order valence-electron chi connectivity index (χ3n) is 3.81. The van der Waals surface area contributed by atoms with Crippen LogP contribution in [-0.2, 0) is 0 Å². The van der Waals surface area contributed by atoms with Crippen molar-refractivity contribution in [2.75, 3.05) is 18.0 Å². The van der Waals surface area contributed by atoms with Crippen molar-refractivity contribution in [3.05, 3.63) is 59.5 Å². The molecule has 108 valence electrons. The second-order valence-electron chi connectivity index (χ2n) is 5.17. The standard InChI is InChI=1S/C16H15FN2O2/c17-13-6-4-11(5-7-13)12-8-9-19(10-12)15-3-1-2-14(18-15)16(20)21/h1-7,12H,8-10H2,(H,20,21). The molecule has 1 fully saturated rings. The molecule has 4 nitrogen and oxygen atoms in total. The van der Waals surface area contributed by atoms with E-state index < -0.39 is 5.97 Å². The monoisotopic (exact) mass is 286 g/mol. The smallest absolute Gasteiger partial charge is 0.354 e. The van der Waals surface area contributed by atoms with Crippen molar-refractivity contribution in [2.45, 2.75) is 12.3 Å². The van der Waals surface area contributed by atoms with Crippen molar-refractivity contribution in [1.82, 2.24) is 4.98 Å². The summed E-state index contributed by atoms with van der Waals surface area (Å²) < 4.78 is 13.0. The van der Waals surface area contributed by atoms with Crippen molar-refractivity contribution in [3.8, 4) is 0 Å². The van der Waals surface area contributed by atoms with Gasteiger partial charge >= 0.3 is 5.97 Å². The second-order valence-corrected chi connectivity index (χ2v) is 5.17. The van der Waals surface area contributed by atoms with E-state index in [0.29, 0.717) is 11.7 Å². The Hall–Kier alpha value is -2.43. The van der Waals surface area contributed by atoms with E-state index in [4.69, 9.17) is 5.11 Å². The number of carboxylic acid groups (broad SMARTS) is 1. The molecule has 1 unspecified atom stereocenters. The van der Waals surface area contributed by atoms with Crippen LogP contribution >= 0.6 is 0 Å². The zero-order chi connectivity index (χ0) is 14.8. The zero-order valence-corrected chi connectivity index (χ0v) is 11.4. The summed E-state index contributed by atoms with van der Waals surface area (Å²) in [6, 6.07) is 11.6. The highest BCUT2D eigenvalue weighted by Gasteiger charge is 2.25. The van der Waals surface area contributed by atoms with Crippen LogP contribution in [0.5, 0.6) is 0 Å². The molecule has 2 aromatic rings. The van der Waals surface area contributed by atoms with Gasteiger partial charge in [0, 0.05) is 19.0 Å². The molecule has 1 aromatic heterocycles. The highest BCUT2D eigenvalue weighted by Crippen LogP contribution is 2.30. The number of rotatable bonds is 3. The third-order valence-corrected chi connectivity index (χ3v) is 3.81. The first-order chi connectivity index (χ1) is 10.1. The number of anilines is 1. The largest absolute Gasteiger partial charge is 0.477 e. The summed E-state index contributed by atoms with van der Waals surface area (Å²) >= 11 is 0. The Morgan fingerprint density at radius 2 is 2.00 bits per heavy atom. The van der Waals surface area contributed by atoms with Crippen LogP contribution < -0.4 is 4.90 Å². The maximum atomic E-state index is 13.0. The fraction of sp³-hybridized carbons (Fsp3) is 0.250. The first-order valence-electron chi connectivity index (χ1n) is 6.84. The van der Waals surface area contributed by atoms with Crippen molar-refractivity contribution in [2.24, 2.45) is 0 Å². The number of aromatic carboxylic acids is 1. The van der Waals surface area contributed by atoms with Crippen LogP contribution in [0.3, 0.4) is 0 Å². The number of carbonyl (C=O) groups is 1. The van der Waals surface area contributed by atoms with Gasteiger partial charge in [-0.3, -0.25) is 0 Å². The highest BCUT2D eigenvalue weighted by atomic mass is 19.1. The van der Waals surface area contributed by atoms with Gasteiger partial charge in [0.25, 0.3) is 0 Å². The van der Waals surface area contributed by atoms with Gasteiger partial charge in [-0.05, 0) is 36.2 Å². The summed E-state index contributed by atoms with van der Waals surface area (Å²) in [6.45, 7) is 1.58. The molecular formula is C16H15FN2O2. The lowest BCUT2D eigenvalue weighted by Gasteiger charge is -2.18. The summed E-state index contributed by atoms with van der Waals surface area (Å²) in [7, 11) is 0. The second kappa shape index (κ2) is 5.52. The predicted molar refractivity (Wildman–Crippen MR) is 77.2 cm³/mol. The molecule has 0 radical (unpaired) electrons. The highest BCUT2D eigenvalue weighted by molar-refractivity contribution is 5.85. The van der Waals surface area contributed by atoms with Crippen molar-refractivity contribution >= 4 is 11.8 Å². The van der Waals surface area contributed by atoms with Crippen LogP contribution in [0.2, 0.25) is 0 Å². The topological polar surface area (TPSA) is 53.4 Å². The van der Waals surface area contributed by atoms with Gasteiger partial charge in [0.15, 0.2) is 5.69 Å².